The Balaban J connectivity index is 1.59. The Bertz CT molecular complexity index is 1540. The number of rotatable bonds is 20. The van der Waals surface area contributed by atoms with Crippen LogP contribution in [0.2, 0.25) is 10.0 Å². The molecule has 0 N–H and O–H groups in total. The average Bonchev–Trinajstić information content (AvgIpc) is 3.10. The van der Waals surface area contributed by atoms with Gasteiger partial charge >= 0.3 is 0 Å². The van der Waals surface area contributed by atoms with Crippen LogP contribution in [0.5, 0.6) is 0 Å². The second kappa shape index (κ2) is 18.6. The zero-order valence-corrected chi connectivity index (χ0v) is 32.0. The third kappa shape index (κ3) is 9.08. The van der Waals surface area contributed by atoms with Crippen LogP contribution in [-0.4, -0.2) is 0 Å². The molecular formula is C46H60Cl2. The number of benzene rings is 5. The maximum atomic E-state index is 7.36. The highest BCUT2D eigenvalue weighted by atomic mass is 35.5. The Morgan fingerprint density at radius 3 is 0.750 bits per heavy atom. The largest absolute Gasteiger partial charge is 0.0830 e. The molecule has 5 aromatic rings. The topological polar surface area (TPSA) is 0 Å². The van der Waals surface area contributed by atoms with E-state index < -0.39 is 0 Å². The molecule has 0 aliphatic carbocycles. The van der Waals surface area contributed by atoms with Gasteiger partial charge < -0.3 is 0 Å². The van der Waals surface area contributed by atoms with E-state index in [1.807, 2.05) is 0 Å². The third-order valence-corrected chi connectivity index (χ3v) is 11.5. The van der Waals surface area contributed by atoms with Gasteiger partial charge in [0.15, 0.2) is 0 Å². The van der Waals surface area contributed by atoms with Gasteiger partial charge in [0.05, 0.1) is 10.0 Å². The molecule has 0 aliphatic rings. The summed E-state index contributed by atoms with van der Waals surface area (Å²) in [7, 11) is 0. The first-order chi connectivity index (χ1) is 23.5. The van der Waals surface area contributed by atoms with Crippen LogP contribution >= 0.6 is 23.2 Å². The molecule has 5 aromatic carbocycles. The summed E-state index contributed by atoms with van der Waals surface area (Å²) in [6, 6.07) is 19.1. The van der Waals surface area contributed by atoms with Crippen molar-refractivity contribution >= 4 is 66.3 Å². The van der Waals surface area contributed by atoms with E-state index in [2.05, 4.69) is 76.2 Å². The van der Waals surface area contributed by atoms with Gasteiger partial charge in [-0.3, -0.25) is 0 Å². The quantitative estimate of drug-likeness (QED) is 0.0566. The molecule has 0 bridgehead atoms. The van der Waals surface area contributed by atoms with Gasteiger partial charge in [0, 0.05) is 21.5 Å². The van der Waals surface area contributed by atoms with E-state index in [0.717, 1.165) is 57.3 Å². The molecule has 0 nitrogen and oxygen atoms in total. The number of hydrogen-bond donors (Lipinski definition) is 0. The van der Waals surface area contributed by atoms with E-state index in [0.29, 0.717) is 0 Å². The van der Waals surface area contributed by atoms with E-state index in [9.17, 15) is 0 Å². The Hall–Kier alpha value is -2.28. The standard InChI is InChI=1S/C46H60Cl2/c1-5-9-13-17-21-33-25-37-29-41-42(30-38(37)26-34(33)22-18-14-10-6-2)46(48)44-32-40-28-36(24-20-16-12-8-4)35(23-19-15-11-7-3)27-39(40)31-43(44)45(41)47/h25-32H,5-24H2,1-4H3. The second-order valence-electron chi connectivity index (χ2n) is 14.6. The summed E-state index contributed by atoms with van der Waals surface area (Å²) in [5, 5.41) is 11.1. The molecule has 0 radical (unpaired) electrons. The van der Waals surface area contributed by atoms with Crippen LogP contribution < -0.4 is 0 Å². The average molecular weight is 684 g/mol. The van der Waals surface area contributed by atoms with Crippen molar-refractivity contribution in [3.63, 3.8) is 0 Å². The highest BCUT2D eigenvalue weighted by Crippen LogP contribution is 2.43. The van der Waals surface area contributed by atoms with Crippen LogP contribution in [-0.2, 0) is 25.7 Å². The van der Waals surface area contributed by atoms with Gasteiger partial charge in [-0.2, -0.15) is 0 Å². The van der Waals surface area contributed by atoms with E-state index in [-0.39, 0.29) is 0 Å². The highest BCUT2D eigenvalue weighted by molar-refractivity contribution is 6.48. The van der Waals surface area contributed by atoms with Crippen molar-refractivity contribution in [1.29, 1.82) is 0 Å². The van der Waals surface area contributed by atoms with Gasteiger partial charge in [0.1, 0.15) is 0 Å². The lowest BCUT2D eigenvalue weighted by molar-refractivity contribution is 0.651. The van der Waals surface area contributed by atoms with Crippen molar-refractivity contribution in [2.75, 3.05) is 0 Å². The Labute approximate surface area is 302 Å². The number of aryl methyl sites for hydroxylation is 4. The first-order valence-corrected chi connectivity index (χ1v) is 20.5. The molecule has 5 rings (SSSR count). The molecular weight excluding hydrogens is 623 g/mol. The Morgan fingerprint density at radius 2 is 0.542 bits per heavy atom. The number of hydrogen-bond acceptors (Lipinski definition) is 0. The maximum Gasteiger partial charge on any atom is 0.0564 e. The second-order valence-corrected chi connectivity index (χ2v) is 15.4. The van der Waals surface area contributed by atoms with Crippen molar-refractivity contribution in [3.8, 4) is 0 Å². The normalized spacial score (nSPS) is 12.0. The van der Waals surface area contributed by atoms with Crippen molar-refractivity contribution in [3.05, 3.63) is 80.8 Å². The molecule has 2 heteroatoms. The van der Waals surface area contributed by atoms with Crippen LogP contribution in [0, 0.1) is 0 Å². The minimum absolute atomic E-state index is 0.828. The molecule has 258 valence electrons. The predicted molar refractivity (Wildman–Crippen MR) is 218 cm³/mol. The van der Waals surface area contributed by atoms with Crippen LogP contribution in [0.15, 0.2) is 48.5 Å². The van der Waals surface area contributed by atoms with Crippen molar-refractivity contribution in [1.82, 2.24) is 0 Å². The van der Waals surface area contributed by atoms with Crippen molar-refractivity contribution < 1.29 is 0 Å². The summed E-state index contributed by atoms with van der Waals surface area (Å²) in [4.78, 5) is 0. The van der Waals surface area contributed by atoms with E-state index in [1.165, 1.54) is 147 Å². The molecule has 0 unspecified atom stereocenters. The van der Waals surface area contributed by atoms with Gasteiger partial charge in [0.25, 0.3) is 0 Å². The predicted octanol–water partition coefficient (Wildman–Crippen LogP) is 16.1. The molecule has 0 atom stereocenters. The molecule has 0 saturated carbocycles. The maximum absolute atomic E-state index is 7.36. The zero-order chi connectivity index (χ0) is 33.9. The fraction of sp³-hybridized carbons (Fsp3) is 0.522. The summed E-state index contributed by atoms with van der Waals surface area (Å²) in [5.41, 5.74) is 6.11. The van der Waals surface area contributed by atoms with Crippen LogP contribution in [0.25, 0.3) is 43.1 Å². The molecule has 0 aliphatic heterocycles. The monoisotopic (exact) mass is 682 g/mol. The summed E-state index contributed by atoms with van der Waals surface area (Å²) in [5.74, 6) is 0. The van der Waals surface area contributed by atoms with Gasteiger partial charge in [0.2, 0.25) is 0 Å². The molecule has 0 fully saturated rings. The Kier molecular flexibility index (Phi) is 14.4. The van der Waals surface area contributed by atoms with E-state index in [1.54, 1.807) is 0 Å². The molecule has 0 spiro atoms. The van der Waals surface area contributed by atoms with Crippen LogP contribution in [0.4, 0.5) is 0 Å². The number of fused-ring (bicyclic) bond motifs is 4. The molecule has 0 saturated heterocycles. The molecule has 0 heterocycles. The summed E-state index contributed by atoms with van der Waals surface area (Å²) >= 11 is 14.7. The smallest absolute Gasteiger partial charge is 0.0564 e. The first-order valence-electron chi connectivity index (χ1n) is 19.7. The summed E-state index contributed by atoms with van der Waals surface area (Å²) < 4.78 is 0. The van der Waals surface area contributed by atoms with E-state index >= 15 is 0 Å². The number of unbranched alkanes of at least 4 members (excludes halogenated alkanes) is 12. The molecule has 0 aromatic heterocycles. The first kappa shape index (κ1) is 37.0. The molecule has 0 amide bonds. The van der Waals surface area contributed by atoms with Gasteiger partial charge in [-0.1, -0.05) is 152 Å². The lowest BCUT2D eigenvalue weighted by Gasteiger charge is -2.16. The summed E-state index contributed by atoms with van der Waals surface area (Å²) in [6.07, 6.45) is 25.3. The fourth-order valence-electron chi connectivity index (χ4n) is 7.80. The third-order valence-electron chi connectivity index (χ3n) is 10.7. The fourth-order valence-corrected chi connectivity index (χ4v) is 8.43. The van der Waals surface area contributed by atoms with Gasteiger partial charge in [-0.05, 0) is 119 Å². The van der Waals surface area contributed by atoms with Crippen LogP contribution in [0.1, 0.15) is 153 Å². The molecule has 48 heavy (non-hydrogen) atoms. The van der Waals surface area contributed by atoms with Crippen LogP contribution in [0.3, 0.4) is 0 Å². The van der Waals surface area contributed by atoms with Crippen molar-refractivity contribution in [2.24, 2.45) is 0 Å². The lowest BCUT2D eigenvalue weighted by Crippen LogP contribution is -1.97. The van der Waals surface area contributed by atoms with Crippen molar-refractivity contribution in [2.45, 2.75) is 156 Å². The van der Waals surface area contributed by atoms with E-state index in [4.69, 9.17) is 23.2 Å². The van der Waals surface area contributed by atoms with Gasteiger partial charge in [-0.25, -0.2) is 0 Å². The van der Waals surface area contributed by atoms with Gasteiger partial charge in [-0.15, -0.1) is 0 Å². The number of halogens is 2. The minimum atomic E-state index is 0.828. The summed E-state index contributed by atoms with van der Waals surface area (Å²) in [6.45, 7) is 9.17. The minimum Gasteiger partial charge on any atom is -0.0830 e. The highest BCUT2D eigenvalue weighted by Gasteiger charge is 2.16. The Morgan fingerprint density at radius 1 is 0.312 bits per heavy atom. The lowest BCUT2D eigenvalue weighted by atomic mass is 9.90. The SMILES string of the molecule is CCCCCCc1cc2cc3c(Cl)c4cc5cc(CCCCCC)c(CCCCCC)cc5cc4c(Cl)c3cc2cc1CCCCCC. The zero-order valence-electron chi connectivity index (χ0n) is 30.5.